The summed E-state index contributed by atoms with van der Waals surface area (Å²) in [6.45, 7) is 6.31. The fourth-order valence-electron chi connectivity index (χ4n) is 4.44. The highest BCUT2D eigenvalue weighted by Gasteiger charge is 2.29. The summed E-state index contributed by atoms with van der Waals surface area (Å²) in [5.41, 5.74) is 1.85. The van der Waals surface area contributed by atoms with E-state index in [-0.39, 0.29) is 34.8 Å². The van der Waals surface area contributed by atoms with Crippen LogP contribution in [0.25, 0.3) is 0 Å². The average Bonchev–Trinajstić information content (AvgIpc) is 3.06. The third-order valence-electron chi connectivity index (χ3n) is 6.35. The number of rotatable bonds is 6. The molecule has 12 heteroatoms. The lowest BCUT2D eigenvalue weighted by atomic mass is 10.1. The maximum Gasteiger partial charge on any atom is 0.322 e. The zero-order chi connectivity index (χ0) is 26.4. The van der Waals surface area contributed by atoms with Crippen LogP contribution in [-0.4, -0.2) is 76.7 Å². The van der Waals surface area contributed by atoms with Gasteiger partial charge in [0, 0.05) is 44.0 Å². The molecule has 1 aromatic heterocycles. The summed E-state index contributed by atoms with van der Waals surface area (Å²) in [4.78, 5) is 50.1. The number of carbonyl (C=O) groups is 3. The van der Waals surface area contributed by atoms with Crippen molar-refractivity contribution in [3.8, 4) is 0 Å². The van der Waals surface area contributed by atoms with Crippen LogP contribution in [0.3, 0.4) is 0 Å². The van der Waals surface area contributed by atoms with Crippen LogP contribution in [0, 0.1) is 6.92 Å². The van der Waals surface area contributed by atoms with E-state index in [1.165, 1.54) is 11.8 Å². The van der Waals surface area contributed by atoms with Crippen LogP contribution in [0.5, 0.6) is 0 Å². The molecule has 4 rings (SSSR count). The lowest BCUT2D eigenvalue weighted by molar-refractivity contribution is -0.127. The average molecular weight is 546 g/mol. The van der Waals surface area contributed by atoms with Gasteiger partial charge in [-0.15, -0.1) is 0 Å². The molecule has 0 spiro atoms. The Hall–Kier alpha value is -3.05. The molecule has 10 nitrogen and oxygen atoms in total. The highest BCUT2D eigenvalue weighted by atomic mass is 35.5. The Bertz CT molecular complexity index is 1150. The first-order valence-electron chi connectivity index (χ1n) is 12.4. The topological polar surface area (TPSA) is 120 Å². The number of carbonyl (C=O) groups excluding carboxylic acids is 3. The SMILES string of the molecule is Cc1cccc(NC(=O)N2CCN(c3cc(Cl)nc(SCC(=O)NC4CCCCNC4=O)n3)CC2C)c1. The van der Waals surface area contributed by atoms with Crippen LogP contribution >= 0.6 is 23.4 Å². The van der Waals surface area contributed by atoms with E-state index >= 15 is 0 Å². The standard InChI is InChI=1S/C25H32ClN7O3S/c1-16-6-5-7-18(12-16)28-25(36)33-11-10-32(14-17(33)2)21-13-20(26)30-24(31-21)37-15-22(34)29-19-8-3-4-9-27-23(19)35/h5-7,12-13,17,19H,3-4,8-11,14-15H2,1-2H3,(H,27,35)(H,28,36)(H,29,34). The number of amides is 4. The minimum Gasteiger partial charge on any atom is -0.354 e. The van der Waals surface area contributed by atoms with Crippen LogP contribution in [0.2, 0.25) is 5.15 Å². The van der Waals surface area contributed by atoms with Gasteiger partial charge in [0.25, 0.3) is 0 Å². The molecule has 2 aliphatic rings. The number of halogens is 1. The summed E-state index contributed by atoms with van der Waals surface area (Å²) in [5, 5.41) is 9.25. The highest BCUT2D eigenvalue weighted by molar-refractivity contribution is 7.99. The summed E-state index contributed by atoms with van der Waals surface area (Å²) < 4.78 is 0. The van der Waals surface area contributed by atoms with Crippen molar-refractivity contribution < 1.29 is 14.4 Å². The van der Waals surface area contributed by atoms with Crippen molar-refractivity contribution in [3.05, 3.63) is 41.0 Å². The van der Waals surface area contributed by atoms with Crippen molar-refractivity contribution in [3.63, 3.8) is 0 Å². The van der Waals surface area contributed by atoms with Crippen LogP contribution in [-0.2, 0) is 9.59 Å². The summed E-state index contributed by atoms with van der Waals surface area (Å²) in [6, 6.07) is 8.70. The number of aryl methyl sites for hydroxylation is 1. The normalized spacial score (nSPS) is 20.1. The predicted octanol–water partition coefficient (Wildman–Crippen LogP) is 3.06. The third-order valence-corrected chi connectivity index (χ3v) is 7.39. The maximum atomic E-state index is 12.9. The van der Waals surface area contributed by atoms with E-state index in [0.717, 1.165) is 24.1 Å². The summed E-state index contributed by atoms with van der Waals surface area (Å²) >= 11 is 7.45. The van der Waals surface area contributed by atoms with Gasteiger partial charge in [-0.1, -0.05) is 35.5 Å². The second-order valence-corrected chi connectivity index (χ2v) is 10.6. The first kappa shape index (κ1) is 27.0. The van der Waals surface area contributed by atoms with Gasteiger partial charge in [0.2, 0.25) is 11.8 Å². The number of aromatic nitrogens is 2. The fraction of sp³-hybridized carbons (Fsp3) is 0.480. The monoisotopic (exact) mass is 545 g/mol. The van der Waals surface area contributed by atoms with Gasteiger partial charge in [-0.25, -0.2) is 14.8 Å². The smallest absolute Gasteiger partial charge is 0.322 e. The first-order valence-corrected chi connectivity index (χ1v) is 13.8. The molecule has 3 N–H and O–H groups in total. The van der Waals surface area contributed by atoms with Gasteiger partial charge in [0.15, 0.2) is 5.16 Å². The minimum atomic E-state index is -0.507. The molecule has 2 unspecified atom stereocenters. The number of piperazine rings is 1. The van der Waals surface area contributed by atoms with Gasteiger partial charge in [-0.2, -0.15) is 0 Å². The van der Waals surface area contributed by atoms with Crippen molar-refractivity contribution in [2.45, 2.75) is 50.4 Å². The molecule has 2 aromatic rings. The third kappa shape index (κ3) is 7.48. The van der Waals surface area contributed by atoms with E-state index in [2.05, 4.69) is 30.8 Å². The summed E-state index contributed by atoms with van der Waals surface area (Å²) in [7, 11) is 0. The summed E-state index contributed by atoms with van der Waals surface area (Å²) in [6.07, 6.45) is 2.43. The minimum absolute atomic E-state index is 0.0556. The maximum absolute atomic E-state index is 12.9. The Kier molecular flexibility index (Phi) is 9.09. The number of thioether (sulfide) groups is 1. The molecule has 2 saturated heterocycles. The molecule has 2 aliphatic heterocycles. The van der Waals surface area contributed by atoms with Gasteiger partial charge < -0.3 is 25.8 Å². The van der Waals surface area contributed by atoms with Crippen molar-refractivity contribution >= 4 is 52.7 Å². The molecule has 3 heterocycles. The van der Waals surface area contributed by atoms with E-state index in [4.69, 9.17) is 11.6 Å². The molecule has 0 bridgehead atoms. The molecule has 1 aromatic carbocycles. The molecular formula is C25H32ClN7O3S. The first-order chi connectivity index (χ1) is 17.8. The second kappa shape index (κ2) is 12.5. The van der Waals surface area contributed by atoms with Gasteiger partial charge in [-0.05, 0) is 50.8 Å². The molecular weight excluding hydrogens is 514 g/mol. The van der Waals surface area contributed by atoms with E-state index in [9.17, 15) is 14.4 Å². The molecule has 4 amide bonds. The Morgan fingerprint density at radius 2 is 2.05 bits per heavy atom. The number of nitrogens with zero attached hydrogens (tertiary/aromatic N) is 4. The number of benzene rings is 1. The van der Waals surface area contributed by atoms with Gasteiger partial charge >= 0.3 is 6.03 Å². The van der Waals surface area contributed by atoms with Crippen molar-refractivity contribution in [1.82, 2.24) is 25.5 Å². The van der Waals surface area contributed by atoms with Gasteiger partial charge in [0.1, 0.15) is 17.0 Å². The van der Waals surface area contributed by atoms with Crippen molar-refractivity contribution in [1.29, 1.82) is 0 Å². The largest absolute Gasteiger partial charge is 0.354 e. The number of urea groups is 1. The second-order valence-electron chi connectivity index (χ2n) is 9.32. The lowest BCUT2D eigenvalue weighted by Gasteiger charge is -2.40. The molecule has 0 radical (unpaired) electrons. The van der Waals surface area contributed by atoms with E-state index in [0.29, 0.717) is 43.6 Å². The Labute approximate surface area is 225 Å². The zero-order valence-corrected chi connectivity index (χ0v) is 22.6. The van der Waals surface area contributed by atoms with Gasteiger partial charge in [0.05, 0.1) is 5.75 Å². The van der Waals surface area contributed by atoms with Crippen LogP contribution in [0.4, 0.5) is 16.3 Å². The van der Waals surface area contributed by atoms with E-state index in [1.807, 2.05) is 43.0 Å². The van der Waals surface area contributed by atoms with E-state index < -0.39 is 6.04 Å². The predicted molar refractivity (Wildman–Crippen MR) is 145 cm³/mol. The number of anilines is 2. The summed E-state index contributed by atoms with van der Waals surface area (Å²) in [5.74, 6) is 0.334. The quantitative estimate of drug-likeness (QED) is 0.290. The number of nitrogens with one attached hydrogen (secondary N) is 3. The fourth-order valence-corrected chi connectivity index (χ4v) is 5.33. The Morgan fingerprint density at radius 1 is 1.22 bits per heavy atom. The Balaban J connectivity index is 1.32. The van der Waals surface area contributed by atoms with Crippen LogP contribution in [0.15, 0.2) is 35.5 Å². The lowest BCUT2D eigenvalue weighted by Crippen LogP contribution is -2.55. The molecule has 37 heavy (non-hydrogen) atoms. The highest BCUT2D eigenvalue weighted by Crippen LogP contribution is 2.24. The van der Waals surface area contributed by atoms with Crippen LogP contribution < -0.4 is 20.9 Å². The zero-order valence-electron chi connectivity index (χ0n) is 21.0. The molecule has 0 aliphatic carbocycles. The van der Waals surface area contributed by atoms with E-state index in [1.54, 1.807) is 6.07 Å². The van der Waals surface area contributed by atoms with Crippen molar-refractivity contribution in [2.24, 2.45) is 0 Å². The molecule has 2 atom stereocenters. The molecule has 2 fully saturated rings. The molecule has 198 valence electrons. The number of hydrogen-bond donors (Lipinski definition) is 3. The number of hydrogen-bond acceptors (Lipinski definition) is 7. The van der Waals surface area contributed by atoms with Crippen molar-refractivity contribution in [2.75, 3.05) is 42.1 Å². The Morgan fingerprint density at radius 3 is 2.84 bits per heavy atom. The molecule has 0 saturated carbocycles. The van der Waals surface area contributed by atoms with Gasteiger partial charge in [-0.3, -0.25) is 9.59 Å². The van der Waals surface area contributed by atoms with Crippen LogP contribution in [0.1, 0.15) is 31.7 Å².